The quantitative estimate of drug-likeness (QED) is 0.369. The molecule has 0 amide bonds. The van der Waals surface area contributed by atoms with Crippen molar-refractivity contribution in [2.24, 2.45) is 0 Å². The molecule has 1 heterocycles. The minimum Gasteiger partial charge on any atom is -0.541 e. The Morgan fingerprint density at radius 3 is 2.26 bits per heavy atom. The van der Waals surface area contributed by atoms with Gasteiger partial charge < -0.3 is 14.3 Å². The van der Waals surface area contributed by atoms with Gasteiger partial charge in [-0.2, -0.15) is 0 Å². The number of carbonyl (C=O) groups is 2. The number of hydrogen-bond donors (Lipinski definition) is 0. The molecule has 5 heteroatoms. The molecular weight excluding hydrogens is 255 g/mol. The fourth-order valence-electron chi connectivity index (χ4n) is 1.51. The maximum Gasteiger partial charge on any atom is 1.00 e. The standard InChI is InChI=1S/C14H10O4.Na/c15-13(14(16)17)11(12-7-4-8-18-12)9-10-5-2-1-3-6-10;/h1-9H,(H,16,17);/q;+1/p-1. The Bertz CT molecular complexity index is 585. The summed E-state index contributed by atoms with van der Waals surface area (Å²) in [7, 11) is 0. The van der Waals surface area contributed by atoms with Crippen molar-refractivity contribution in [1.29, 1.82) is 0 Å². The van der Waals surface area contributed by atoms with Crippen LogP contribution in [0.3, 0.4) is 0 Å². The summed E-state index contributed by atoms with van der Waals surface area (Å²) >= 11 is 0. The van der Waals surface area contributed by atoms with Crippen molar-refractivity contribution < 1.29 is 48.7 Å². The molecule has 0 radical (unpaired) electrons. The van der Waals surface area contributed by atoms with Crippen molar-refractivity contribution in [3.8, 4) is 0 Å². The number of aliphatic carboxylic acids is 1. The molecule has 0 aliphatic heterocycles. The number of rotatable bonds is 4. The van der Waals surface area contributed by atoms with Crippen LogP contribution in [0.2, 0.25) is 0 Å². The van der Waals surface area contributed by atoms with Gasteiger partial charge in [0.25, 0.3) is 0 Å². The Labute approximate surface area is 132 Å². The maximum atomic E-state index is 11.6. The predicted octanol–water partition coefficient (Wildman–Crippen LogP) is -1.86. The van der Waals surface area contributed by atoms with Crippen LogP contribution < -0.4 is 34.7 Å². The van der Waals surface area contributed by atoms with Gasteiger partial charge in [-0.25, -0.2) is 0 Å². The van der Waals surface area contributed by atoms with Crippen LogP contribution in [0.25, 0.3) is 11.6 Å². The molecule has 1 aromatic heterocycles. The van der Waals surface area contributed by atoms with E-state index in [4.69, 9.17) is 4.42 Å². The summed E-state index contributed by atoms with van der Waals surface area (Å²) in [5, 5.41) is 10.7. The van der Waals surface area contributed by atoms with Crippen molar-refractivity contribution in [2.75, 3.05) is 0 Å². The zero-order valence-electron chi connectivity index (χ0n) is 10.3. The summed E-state index contributed by atoms with van der Waals surface area (Å²) in [5.74, 6) is -2.66. The number of carboxylic acid groups (broad SMARTS) is 1. The van der Waals surface area contributed by atoms with E-state index in [0.717, 1.165) is 0 Å². The molecular formula is C14H9NaO4. The third-order valence-electron chi connectivity index (χ3n) is 2.33. The van der Waals surface area contributed by atoms with Gasteiger partial charge in [-0.15, -0.1) is 0 Å². The summed E-state index contributed by atoms with van der Waals surface area (Å²) in [6, 6.07) is 12.0. The monoisotopic (exact) mass is 264 g/mol. The molecule has 0 atom stereocenters. The average Bonchev–Trinajstić information content (AvgIpc) is 2.90. The van der Waals surface area contributed by atoms with Crippen molar-refractivity contribution in [3.63, 3.8) is 0 Å². The average molecular weight is 264 g/mol. The minimum absolute atomic E-state index is 0. The van der Waals surface area contributed by atoms with E-state index in [1.165, 1.54) is 18.4 Å². The Morgan fingerprint density at radius 1 is 1.05 bits per heavy atom. The number of benzene rings is 1. The fourth-order valence-corrected chi connectivity index (χ4v) is 1.51. The molecule has 4 nitrogen and oxygen atoms in total. The smallest absolute Gasteiger partial charge is 0.541 e. The van der Waals surface area contributed by atoms with Gasteiger partial charge in [0.2, 0.25) is 5.78 Å². The third kappa shape index (κ3) is 3.92. The first-order chi connectivity index (χ1) is 8.68. The number of Topliss-reactive ketones (excluding diaryl/α,β-unsaturated/α-hetero) is 1. The van der Waals surface area contributed by atoms with E-state index in [1.807, 2.05) is 6.07 Å². The summed E-state index contributed by atoms with van der Waals surface area (Å²) in [4.78, 5) is 22.2. The largest absolute Gasteiger partial charge is 1.00 e. The summed E-state index contributed by atoms with van der Waals surface area (Å²) < 4.78 is 5.06. The van der Waals surface area contributed by atoms with E-state index in [9.17, 15) is 14.7 Å². The third-order valence-corrected chi connectivity index (χ3v) is 2.33. The number of furan rings is 1. The number of ketones is 1. The molecule has 0 N–H and O–H groups in total. The molecule has 19 heavy (non-hydrogen) atoms. The van der Waals surface area contributed by atoms with Crippen LogP contribution >= 0.6 is 0 Å². The first kappa shape index (κ1) is 15.4. The summed E-state index contributed by atoms with van der Waals surface area (Å²) in [6.07, 6.45) is 2.83. The van der Waals surface area contributed by atoms with Gasteiger partial charge in [0, 0.05) is 0 Å². The number of carbonyl (C=O) groups excluding carboxylic acids is 2. The van der Waals surface area contributed by atoms with E-state index in [2.05, 4.69) is 0 Å². The van der Waals surface area contributed by atoms with Gasteiger partial charge in [-0.1, -0.05) is 30.3 Å². The summed E-state index contributed by atoms with van der Waals surface area (Å²) in [6.45, 7) is 0. The molecule has 0 bridgehead atoms. The van der Waals surface area contributed by atoms with Crippen molar-refractivity contribution in [3.05, 3.63) is 60.1 Å². The fraction of sp³-hybridized carbons (Fsp3) is 0. The molecule has 0 unspecified atom stereocenters. The number of carboxylic acids is 1. The second kappa shape index (κ2) is 7.09. The maximum absolute atomic E-state index is 11.6. The molecule has 0 aliphatic carbocycles. The van der Waals surface area contributed by atoms with E-state index < -0.39 is 11.8 Å². The van der Waals surface area contributed by atoms with Gasteiger partial charge in [0.15, 0.2) is 0 Å². The van der Waals surface area contributed by atoms with Gasteiger partial charge in [-0.3, -0.25) is 4.79 Å². The normalized spacial score (nSPS) is 10.6. The van der Waals surface area contributed by atoms with E-state index in [0.29, 0.717) is 5.56 Å². The zero-order chi connectivity index (χ0) is 13.0. The van der Waals surface area contributed by atoms with E-state index in [-0.39, 0.29) is 40.9 Å². The molecule has 0 aliphatic rings. The van der Waals surface area contributed by atoms with Crippen LogP contribution in [-0.2, 0) is 9.59 Å². The van der Waals surface area contributed by atoms with Crippen LogP contribution in [0.1, 0.15) is 11.3 Å². The molecule has 1 aromatic carbocycles. The molecule has 2 rings (SSSR count). The molecule has 90 valence electrons. The van der Waals surface area contributed by atoms with Gasteiger partial charge in [0.1, 0.15) is 11.7 Å². The van der Waals surface area contributed by atoms with Crippen molar-refractivity contribution in [1.82, 2.24) is 0 Å². The SMILES string of the molecule is O=C([O-])C(=O)C(=Cc1ccccc1)c1ccco1.[Na+]. The van der Waals surface area contributed by atoms with Crippen LogP contribution in [0.4, 0.5) is 0 Å². The molecule has 0 spiro atoms. The van der Waals surface area contributed by atoms with Gasteiger partial charge in [-0.05, 0) is 23.8 Å². The first-order valence-electron chi connectivity index (χ1n) is 5.25. The summed E-state index contributed by atoms with van der Waals surface area (Å²) in [5.41, 5.74) is 0.671. The van der Waals surface area contributed by atoms with Crippen molar-refractivity contribution >= 4 is 23.4 Å². The Balaban J connectivity index is 0.00000180. The Hall–Kier alpha value is -1.62. The Morgan fingerprint density at radius 2 is 1.74 bits per heavy atom. The van der Waals surface area contributed by atoms with Gasteiger partial charge in [0.05, 0.1) is 11.8 Å². The van der Waals surface area contributed by atoms with Crippen molar-refractivity contribution in [2.45, 2.75) is 0 Å². The molecule has 0 saturated heterocycles. The van der Waals surface area contributed by atoms with Crippen LogP contribution in [-0.4, -0.2) is 11.8 Å². The zero-order valence-corrected chi connectivity index (χ0v) is 12.3. The molecule has 0 fully saturated rings. The predicted molar refractivity (Wildman–Crippen MR) is 63.0 cm³/mol. The van der Waals surface area contributed by atoms with Crippen LogP contribution in [0.15, 0.2) is 53.1 Å². The molecule has 0 saturated carbocycles. The molecule has 2 aromatic rings. The minimum atomic E-state index is -1.76. The van der Waals surface area contributed by atoms with Crippen LogP contribution in [0, 0.1) is 0 Å². The number of hydrogen-bond acceptors (Lipinski definition) is 4. The topological polar surface area (TPSA) is 70.3 Å². The van der Waals surface area contributed by atoms with E-state index in [1.54, 1.807) is 30.3 Å². The second-order valence-electron chi connectivity index (χ2n) is 3.56. The van der Waals surface area contributed by atoms with E-state index >= 15 is 0 Å². The van der Waals surface area contributed by atoms with Crippen LogP contribution in [0.5, 0.6) is 0 Å². The second-order valence-corrected chi connectivity index (χ2v) is 3.56. The Kier molecular flexibility index (Phi) is 5.76. The first-order valence-corrected chi connectivity index (χ1v) is 5.25. The van der Waals surface area contributed by atoms with Gasteiger partial charge >= 0.3 is 29.6 Å².